The molecule has 0 saturated heterocycles. The molecule has 0 fully saturated rings. The summed E-state index contributed by atoms with van der Waals surface area (Å²) >= 11 is 1.65. The van der Waals surface area contributed by atoms with Crippen LogP contribution in [-0.4, -0.2) is 12.5 Å². The van der Waals surface area contributed by atoms with Crippen molar-refractivity contribution in [2.75, 3.05) is 6.54 Å². The third kappa shape index (κ3) is 6.93. The molecule has 0 atom stereocenters. The Morgan fingerprint density at radius 3 is 3.06 bits per heavy atom. The van der Waals surface area contributed by atoms with Gasteiger partial charge in [-0.15, -0.1) is 11.3 Å². The molecule has 0 unspecified atom stereocenters. The second kappa shape index (κ2) is 8.54. The molecule has 1 N–H and O–H groups in total. The fourth-order valence-electron chi connectivity index (χ4n) is 1.21. The van der Waals surface area contributed by atoms with Gasteiger partial charge in [0, 0.05) is 13.0 Å². The zero-order valence-corrected chi connectivity index (χ0v) is 11.7. The summed E-state index contributed by atoms with van der Waals surface area (Å²) < 4.78 is 0. The van der Waals surface area contributed by atoms with Crippen LogP contribution in [0.25, 0.3) is 0 Å². The Morgan fingerprint density at radius 2 is 2.39 bits per heavy atom. The van der Waals surface area contributed by atoms with Gasteiger partial charge in [-0.1, -0.05) is 37.8 Å². The Balaban J connectivity index is 2.15. The Hall–Kier alpha value is -1.53. The smallest absolute Gasteiger partial charge is 0.243 e. The van der Waals surface area contributed by atoms with Crippen molar-refractivity contribution in [3.63, 3.8) is 0 Å². The predicted octanol–water partition coefficient (Wildman–Crippen LogP) is 3.21. The molecule has 3 heteroatoms. The van der Waals surface area contributed by atoms with Gasteiger partial charge in [0.25, 0.3) is 0 Å². The molecule has 0 aliphatic heterocycles. The van der Waals surface area contributed by atoms with Crippen LogP contribution in [0.5, 0.6) is 0 Å². The highest BCUT2D eigenvalue weighted by molar-refractivity contribution is 7.10. The third-order valence-corrected chi connectivity index (χ3v) is 2.91. The van der Waals surface area contributed by atoms with E-state index in [1.807, 2.05) is 23.6 Å². The summed E-state index contributed by atoms with van der Waals surface area (Å²) in [5.41, 5.74) is 0. The van der Waals surface area contributed by atoms with E-state index in [4.69, 9.17) is 0 Å². The Kier molecular flexibility index (Phi) is 6.90. The van der Waals surface area contributed by atoms with E-state index >= 15 is 0 Å². The highest BCUT2D eigenvalue weighted by Gasteiger charge is 1.96. The normalized spacial score (nSPS) is 10.4. The zero-order chi connectivity index (χ0) is 13.2. The van der Waals surface area contributed by atoms with E-state index in [0.717, 1.165) is 24.3 Å². The summed E-state index contributed by atoms with van der Waals surface area (Å²) in [5.74, 6) is 6.64. The average molecular weight is 261 g/mol. The number of rotatable bonds is 5. The standard InChI is InChI=1S/C15H19NOS/c1-13(2)12-16-15(17)10-6-4-3-5-8-14-9-7-11-18-14/h6-7,9-11,13H,3-4,12H2,1-2H3,(H,16,17)/b10-6+. The van der Waals surface area contributed by atoms with E-state index in [9.17, 15) is 4.79 Å². The molecular weight excluding hydrogens is 242 g/mol. The topological polar surface area (TPSA) is 29.1 Å². The van der Waals surface area contributed by atoms with Crippen LogP contribution in [0.1, 0.15) is 31.6 Å². The molecule has 1 heterocycles. The first-order valence-corrected chi connectivity index (χ1v) is 7.03. The highest BCUT2D eigenvalue weighted by Crippen LogP contribution is 2.05. The van der Waals surface area contributed by atoms with Gasteiger partial charge < -0.3 is 5.32 Å². The molecule has 0 spiro atoms. The lowest BCUT2D eigenvalue weighted by Gasteiger charge is -2.03. The van der Waals surface area contributed by atoms with Gasteiger partial charge in [0.1, 0.15) is 0 Å². The first kappa shape index (κ1) is 14.5. The average Bonchev–Trinajstić information content (AvgIpc) is 2.84. The van der Waals surface area contributed by atoms with E-state index in [2.05, 4.69) is 31.0 Å². The van der Waals surface area contributed by atoms with Crippen LogP contribution in [0, 0.1) is 17.8 Å². The van der Waals surface area contributed by atoms with Crippen LogP contribution in [-0.2, 0) is 4.79 Å². The Bertz CT molecular complexity index is 435. The lowest BCUT2D eigenvalue weighted by atomic mass is 10.2. The molecule has 0 aliphatic rings. The maximum Gasteiger partial charge on any atom is 0.243 e. The molecule has 1 rings (SSSR count). The Labute approximate surface area is 113 Å². The van der Waals surface area contributed by atoms with E-state index in [1.54, 1.807) is 17.4 Å². The second-order valence-electron chi connectivity index (χ2n) is 4.36. The van der Waals surface area contributed by atoms with Crippen molar-refractivity contribution >= 4 is 17.2 Å². The fraction of sp³-hybridized carbons (Fsp3) is 0.400. The van der Waals surface area contributed by atoms with Crippen molar-refractivity contribution in [3.8, 4) is 11.8 Å². The summed E-state index contributed by atoms with van der Waals surface area (Å²) in [5, 5.41) is 4.85. The van der Waals surface area contributed by atoms with Crippen molar-refractivity contribution in [2.24, 2.45) is 5.92 Å². The number of carbonyl (C=O) groups is 1. The summed E-state index contributed by atoms with van der Waals surface area (Å²) in [6.07, 6.45) is 5.06. The highest BCUT2D eigenvalue weighted by atomic mass is 32.1. The minimum Gasteiger partial charge on any atom is -0.352 e. The number of carbonyl (C=O) groups excluding carboxylic acids is 1. The Morgan fingerprint density at radius 1 is 1.56 bits per heavy atom. The number of hydrogen-bond donors (Lipinski definition) is 1. The van der Waals surface area contributed by atoms with Crippen LogP contribution < -0.4 is 5.32 Å². The molecule has 0 radical (unpaired) electrons. The first-order valence-electron chi connectivity index (χ1n) is 6.15. The quantitative estimate of drug-likeness (QED) is 0.492. The number of allylic oxidation sites excluding steroid dienone is 1. The predicted molar refractivity (Wildman–Crippen MR) is 77.4 cm³/mol. The summed E-state index contributed by atoms with van der Waals surface area (Å²) in [4.78, 5) is 12.4. The maximum absolute atomic E-state index is 11.3. The fourth-order valence-corrected chi connectivity index (χ4v) is 1.80. The van der Waals surface area contributed by atoms with Gasteiger partial charge in [-0.25, -0.2) is 0 Å². The zero-order valence-electron chi connectivity index (χ0n) is 10.9. The minimum absolute atomic E-state index is 0.0186. The monoisotopic (exact) mass is 261 g/mol. The SMILES string of the molecule is CC(C)CNC(=O)/C=C/CCC#Cc1cccs1. The van der Waals surface area contributed by atoms with Crippen LogP contribution in [0.15, 0.2) is 29.7 Å². The summed E-state index contributed by atoms with van der Waals surface area (Å²) in [6.45, 7) is 4.87. The van der Waals surface area contributed by atoms with Gasteiger partial charge in [0.15, 0.2) is 0 Å². The summed E-state index contributed by atoms with van der Waals surface area (Å²) in [6, 6.07) is 4.00. The van der Waals surface area contributed by atoms with Gasteiger partial charge in [-0.3, -0.25) is 4.79 Å². The van der Waals surface area contributed by atoms with Crippen LogP contribution in [0.4, 0.5) is 0 Å². The summed E-state index contributed by atoms with van der Waals surface area (Å²) in [7, 11) is 0. The van der Waals surface area contributed by atoms with Crippen molar-refractivity contribution < 1.29 is 4.79 Å². The van der Waals surface area contributed by atoms with Gasteiger partial charge in [-0.05, 0) is 29.9 Å². The van der Waals surface area contributed by atoms with Gasteiger partial charge in [0.05, 0.1) is 4.88 Å². The van der Waals surface area contributed by atoms with E-state index in [-0.39, 0.29) is 5.91 Å². The minimum atomic E-state index is -0.0186. The van der Waals surface area contributed by atoms with E-state index in [0.29, 0.717) is 5.92 Å². The molecule has 1 aromatic rings. The van der Waals surface area contributed by atoms with Gasteiger partial charge in [-0.2, -0.15) is 0 Å². The molecule has 0 aromatic carbocycles. The molecule has 0 bridgehead atoms. The second-order valence-corrected chi connectivity index (χ2v) is 5.31. The lowest BCUT2D eigenvalue weighted by Crippen LogP contribution is -2.25. The van der Waals surface area contributed by atoms with Crippen molar-refractivity contribution in [1.29, 1.82) is 0 Å². The lowest BCUT2D eigenvalue weighted by molar-refractivity contribution is -0.116. The van der Waals surface area contributed by atoms with Crippen LogP contribution in [0.3, 0.4) is 0 Å². The number of nitrogens with one attached hydrogen (secondary N) is 1. The molecular formula is C15H19NOS. The van der Waals surface area contributed by atoms with Crippen molar-refractivity contribution in [1.82, 2.24) is 5.32 Å². The molecule has 0 aliphatic carbocycles. The molecule has 96 valence electrons. The molecule has 1 amide bonds. The van der Waals surface area contributed by atoms with Crippen LogP contribution >= 0.6 is 11.3 Å². The van der Waals surface area contributed by atoms with Crippen molar-refractivity contribution in [2.45, 2.75) is 26.7 Å². The number of thiophene rings is 1. The van der Waals surface area contributed by atoms with E-state index < -0.39 is 0 Å². The molecule has 2 nitrogen and oxygen atoms in total. The van der Waals surface area contributed by atoms with Gasteiger partial charge >= 0.3 is 0 Å². The third-order valence-electron chi connectivity index (χ3n) is 2.12. The largest absolute Gasteiger partial charge is 0.352 e. The molecule has 0 saturated carbocycles. The molecule has 1 aromatic heterocycles. The van der Waals surface area contributed by atoms with E-state index in [1.165, 1.54) is 0 Å². The number of hydrogen-bond acceptors (Lipinski definition) is 2. The maximum atomic E-state index is 11.3. The number of amides is 1. The van der Waals surface area contributed by atoms with Crippen LogP contribution in [0.2, 0.25) is 0 Å². The number of unbranched alkanes of at least 4 members (excludes halogenated alkanes) is 1. The van der Waals surface area contributed by atoms with Gasteiger partial charge in [0.2, 0.25) is 5.91 Å². The molecule has 18 heavy (non-hydrogen) atoms. The first-order chi connectivity index (χ1) is 8.68. The van der Waals surface area contributed by atoms with Crippen molar-refractivity contribution in [3.05, 3.63) is 34.5 Å².